The van der Waals surface area contributed by atoms with Crippen molar-refractivity contribution < 1.29 is 0 Å². The summed E-state index contributed by atoms with van der Waals surface area (Å²) < 4.78 is 0. The number of hydrogen-bond acceptors (Lipinski definition) is 3. The summed E-state index contributed by atoms with van der Waals surface area (Å²) in [6.45, 7) is 9.21. The van der Waals surface area contributed by atoms with Crippen molar-refractivity contribution in [1.29, 1.82) is 0 Å². The minimum Gasteiger partial charge on any atom is -0.313 e. The van der Waals surface area contributed by atoms with Crippen molar-refractivity contribution in [2.24, 2.45) is 0 Å². The summed E-state index contributed by atoms with van der Waals surface area (Å²) in [4.78, 5) is 4.81. The van der Waals surface area contributed by atoms with E-state index in [-0.39, 0.29) is 0 Å². The number of nitrogens with zero attached hydrogens (tertiary/aromatic N) is 2. The Hall–Kier alpha value is -0.120. The number of likely N-dealkylation sites (N-methyl/N-ethyl adjacent to an activating group) is 1. The summed E-state index contributed by atoms with van der Waals surface area (Å²) in [5.41, 5.74) is 0. The average Bonchev–Trinajstić information content (AvgIpc) is 2.23. The Balaban J connectivity index is 2.12. The van der Waals surface area contributed by atoms with E-state index < -0.39 is 0 Å². The van der Waals surface area contributed by atoms with Gasteiger partial charge in [-0.05, 0) is 47.0 Å². The lowest BCUT2D eigenvalue weighted by atomic mass is 9.99. The topological polar surface area (TPSA) is 18.5 Å². The van der Waals surface area contributed by atoms with Crippen LogP contribution in [0.4, 0.5) is 0 Å². The highest BCUT2D eigenvalue weighted by atomic mass is 15.2. The standard InChI is InChI=1S/C12H27N3/c1-5-14(3)9-7-13-12-6-8-15(4)11(2)10-12/h11-13H,5-10H2,1-4H3. The smallest absolute Gasteiger partial charge is 0.0104 e. The van der Waals surface area contributed by atoms with E-state index in [1.54, 1.807) is 0 Å². The van der Waals surface area contributed by atoms with E-state index in [2.05, 4.69) is 43.1 Å². The third kappa shape index (κ3) is 4.49. The third-order valence-electron chi connectivity index (χ3n) is 3.67. The average molecular weight is 213 g/mol. The molecule has 1 heterocycles. The van der Waals surface area contributed by atoms with Crippen LogP contribution in [0.5, 0.6) is 0 Å². The first-order valence-electron chi connectivity index (χ1n) is 6.25. The molecule has 0 spiro atoms. The molecule has 1 rings (SSSR count). The number of likely N-dealkylation sites (tertiary alicyclic amines) is 1. The summed E-state index contributed by atoms with van der Waals surface area (Å²) in [6.07, 6.45) is 2.60. The van der Waals surface area contributed by atoms with Crippen molar-refractivity contribution in [2.45, 2.75) is 38.8 Å². The van der Waals surface area contributed by atoms with Crippen molar-refractivity contribution in [3.05, 3.63) is 0 Å². The molecule has 3 nitrogen and oxygen atoms in total. The van der Waals surface area contributed by atoms with Crippen molar-refractivity contribution in [2.75, 3.05) is 40.3 Å². The van der Waals surface area contributed by atoms with Gasteiger partial charge in [-0.3, -0.25) is 0 Å². The molecule has 3 heteroatoms. The number of nitrogens with one attached hydrogen (secondary N) is 1. The molecular formula is C12H27N3. The minimum atomic E-state index is 0.736. The van der Waals surface area contributed by atoms with E-state index in [4.69, 9.17) is 0 Å². The molecule has 0 aromatic rings. The number of rotatable bonds is 5. The Kier molecular flexibility index (Phi) is 5.58. The van der Waals surface area contributed by atoms with E-state index in [1.807, 2.05) is 0 Å². The second kappa shape index (κ2) is 6.46. The van der Waals surface area contributed by atoms with Gasteiger partial charge in [0.25, 0.3) is 0 Å². The maximum atomic E-state index is 3.67. The first-order chi connectivity index (χ1) is 7.13. The summed E-state index contributed by atoms with van der Waals surface area (Å²) >= 11 is 0. The van der Waals surface area contributed by atoms with Crippen molar-refractivity contribution >= 4 is 0 Å². The monoisotopic (exact) mass is 213 g/mol. The molecule has 1 N–H and O–H groups in total. The van der Waals surface area contributed by atoms with Crippen LogP contribution in [0.2, 0.25) is 0 Å². The number of hydrogen-bond donors (Lipinski definition) is 1. The summed E-state index contributed by atoms with van der Waals surface area (Å²) in [5, 5.41) is 3.67. The van der Waals surface area contributed by atoms with Gasteiger partial charge >= 0.3 is 0 Å². The van der Waals surface area contributed by atoms with Gasteiger partial charge in [0.2, 0.25) is 0 Å². The molecule has 0 aromatic carbocycles. The Bertz CT molecular complexity index is 172. The second-order valence-electron chi connectivity index (χ2n) is 4.90. The fraction of sp³-hybridized carbons (Fsp3) is 1.00. The molecule has 2 atom stereocenters. The van der Waals surface area contributed by atoms with Gasteiger partial charge in [-0.15, -0.1) is 0 Å². The van der Waals surface area contributed by atoms with Gasteiger partial charge in [-0.25, -0.2) is 0 Å². The highest BCUT2D eigenvalue weighted by molar-refractivity contribution is 4.81. The highest BCUT2D eigenvalue weighted by Gasteiger charge is 2.21. The van der Waals surface area contributed by atoms with Gasteiger partial charge in [0.1, 0.15) is 0 Å². The zero-order valence-electron chi connectivity index (χ0n) is 10.8. The Labute approximate surface area is 94.8 Å². The highest BCUT2D eigenvalue weighted by Crippen LogP contribution is 2.14. The Morgan fingerprint density at radius 3 is 2.80 bits per heavy atom. The summed E-state index contributed by atoms with van der Waals surface area (Å²) in [7, 11) is 4.41. The van der Waals surface area contributed by atoms with Gasteiger partial charge in [0.15, 0.2) is 0 Å². The van der Waals surface area contributed by atoms with Crippen LogP contribution in [0.25, 0.3) is 0 Å². The van der Waals surface area contributed by atoms with Crippen LogP contribution >= 0.6 is 0 Å². The minimum absolute atomic E-state index is 0.736. The molecule has 0 aromatic heterocycles. The van der Waals surface area contributed by atoms with Crippen molar-refractivity contribution in [3.8, 4) is 0 Å². The van der Waals surface area contributed by atoms with Crippen LogP contribution in [0.1, 0.15) is 26.7 Å². The lowest BCUT2D eigenvalue weighted by molar-refractivity contribution is 0.167. The zero-order chi connectivity index (χ0) is 11.3. The van der Waals surface area contributed by atoms with E-state index in [1.165, 1.54) is 19.4 Å². The molecule has 0 radical (unpaired) electrons. The van der Waals surface area contributed by atoms with Gasteiger partial charge < -0.3 is 15.1 Å². The molecule has 1 aliphatic heterocycles. The molecule has 0 aliphatic carbocycles. The molecule has 0 amide bonds. The van der Waals surface area contributed by atoms with Crippen LogP contribution in [-0.4, -0.2) is 62.2 Å². The predicted octanol–water partition coefficient (Wildman–Crippen LogP) is 1.01. The SMILES string of the molecule is CCN(C)CCNC1CCN(C)C(C)C1. The van der Waals surface area contributed by atoms with Gasteiger partial charge in [0, 0.05) is 25.2 Å². The Morgan fingerprint density at radius 2 is 2.20 bits per heavy atom. The molecule has 1 fully saturated rings. The molecule has 0 saturated carbocycles. The second-order valence-corrected chi connectivity index (χ2v) is 4.90. The lowest BCUT2D eigenvalue weighted by Gasteiger charge is -2.35. The van der Waals surface area contributed by atoms with Gasteiger partial charge in [-0.2, -0.15) is 0 Å². The van der Waals surface area contributed by atoms with Crippen LogP contribution in [0, 0.1) is 0 Å². The van der Waals surface area contributed by atoms with Crippen molar-refractivity contribution in [1.82, 2.24) is 15.1 Å². The predicted molar refractivity (Wildman–Crippen MR) is 66.3 cm³/mol. The van der Waals surface area contributed by atoms with E-state index >= 15 is 0 Å². The molecule has 15 heavy (non-hydrogen) atoms. The van der Waals surface area contributed by atoms with E-state index in [0.717, 1.165) is 31.7 Å². The van der Waals surface area contributed by atoms with Gasteiger partial charge in [-0.1, -0.05) is 6.92 Å². The van der Waals surface area contributed by atoms with Crippen molar-refractivity contribution in [3.63, 3.8) is 0 Å². The third-order valence-corrected chi connectivity index (χ3v) is 3.67. The summed E-state index contributed by atoms with van der Waals surface area (Å²) in [6, 6.07) is 1.47. The maximum absolute atomic E-state index is 3.67. The lowest BCUT2D eigenvalue weighted by Crippen LogP contribution is -2.46. The fourth-order valence-corrected chi connectivity index (χ4v) is 2.09. The molecule has 1 aliphatic rings. The van der Waals surface area contributed by atoms with Crippen LogP contribution in [0.3, 0.4) is 0 Å². The molecule has 90 valence electrons. The first kappa shape index (κ1) is 12.9. The quantitative estimate of drug-likeness (QED) is 0.735. The maximum Gasteiger partial charge on any atom is 0.0104 e. The zero-order valence-corrected chi connectivity index (χ0v) is 10.8. The fourth-order valence-electron chi connectivity index (χ4n) is 2.09. The molecule has 1 saturated heterocycles. The molecule has 0 bridgehead atoms. The van der Waals surface area contributed by atoms with E-state index in [0.29, 0.717) is 0 Å². The summed E-state index contributed by atoms with van der Waals surface area (Å²) in [5.74, 6) is 0. The van der Waals surface area contributed by atoms with E-state index in [9.17, 15) is 0 Å². The van der Waals surface area contributed by atoms with Gasteiger partial charge in [0.05, 0.1) is 0 Å². The van der Waals surface area contributed by atoms with Crippen LogP contribution in [-0.2, 0) is 0 Å². The first-order valence-corrected chi connectivity index (χ1v) is 6.25. The van der Waals surface area contributed by atoms with Crippen LogP contribution in [0.15, 0.2) is 0 Å². The van der Waals surface area contributed by atoms with Crippen LogP contribution < -0.4 is 5.32 Å². The molecular weight excluding hydrogens is 186 g/mol. The normalized spacial score (nSPS) is 28.6. The molecule has 2 unspecified atom stereocenters. The number of piperidine rings is 1. The Morgan fingerprint density at radius 1 is 1.47 bits per heavy atom. The largest absolute Gasteiger partial charge is 0.313 e.